The van der Waals surface area contributed by atoms with Gasteiger partial charge in [0.2, 0.25) is 5.91 Å². The number of hydrogen-bond acceptors (Lipinski definition) is 3. The maximum Gasteiger partial charge on any atom is 0.228 e. The topological polar surface area (TPSA) is 42.0 Å². The average molecular weight is 196 g/mol. The van der Waals surface area contributed by atoms with Gasteiger partial charge in [-0.25, -0.2) is 0 Å². The number of carbonyl (C=O) groups excluding carboxylic acids is 1. The van der Waals surface area contributed by atoms with E-state index in [0.29, 0.717) is 0 Å². The molecule has 1 heterocycles. The third-order valence-corrected chi connectivity index (χ3v) is 3.15. The van der Waals surface area contributed by atoms with Crippen molar-refractivity contribution < 1.29 is 4.79 Å². The van der Waals surface area contributed by atoms with Crippen LogP contribution in [0.5, 0.6) is 0 Å². The van der Waals surface area contributed by atoms with Crippen LogP contribution in [0.2, 0.25) is 0 Å². The van der Waals surface area contributed by atoms with E-state index in [1.807, 2.05) is 13.0 Å². The second-order valence-electron chi connectivity index (χ2n) is 3.45. The molecular weight excluding hydrogens is 184 g/mol. The quantitative estimate of drug-likeness (QED) is 0.787. The monoisotopic (exact) mass is 196 g/mol. The molecule has 1 aliphatic carbocycles. The Morgan fingerprint density at radius 3 is 2.92 bits per heavy atom. The van der Waals surface area contributed by atoms with Crippen LogP contribution in [0.1, 0.15) is 25.0 Å². The summed E-state index contributed by atoms with van der Waals surface area (Å²) >= 11 is 1.35. The number of aryl methyl sites for hydroxylation is 1. The van der Waals surface area contributed by atoms with E-state index in [1.54, 1.807) is 0 Å². The van der Waals surface area contributed by atoms with E-state index in [4.69, 9.17) is 0 Å². The van der Waals surface area contributed by atoms with Crippen LogP contribution < -0.4 is 5.32 Å². The van der Waals surface area contributed by atoms with E-state index in [-0.39, 0.29) is 11.8 Å². The maximum atomic E-state index is 11.5. The highest BCUT2D eigenvalue weighted by molar-refractivity contribution is 7.10. The summed E-state index contributed by atoms with van der Waals surface area (Å²) in [4.78, 5) is 11.5. The van der Waals surface area contributed by atoms with Crippen LogP contribution in [0.15, 0.2) is 6.07 Å². The van der Waals surface area contributed by atoms with Crippen LogP contribution in [-0.4, -0.2) is 10.3 Å². The van der Waals surface area contributed by atoms with Crippen molar-refractivity contribution in [3.05, 3.63) is 11.8 Å². The number of hydrogen-bond donors (Lipinski definition) is 1. The molecule has 0 saturated heterocycles. The second-order valence-corrected chi connectivity index (χ2v) is 4.25. The number of rotatable bonds is 2. The number of aromatic nitrogens is 1. The van der Waals surface area contributed by atoms with E-state index in [9.17, 15) is 4.79 Å². The smallest absolute Gasteiger partial charge is 0.228 e. The zero-order valence-electron chi connectivity index (χ0n) is 7.54. The lowest BCUT2D eigenvalue weighted by atomic mass is 9.85. The molecule has 0 aromatic carbocycles. The van der Waals surface area contributed by atoms with Crippen molar-refractivity contribution in [2.24, 2.45) is 5.92 Å². The number of carbonyl (C=O) groups is 1. The molecule has 1 saturated carbocycles. The van der Waals surface area contributed by atoms with Gasteiger partial charge in [-0.2, -0.15) is 4.37 Å². The zero-order chi connectivity index (χ0) is 9.26. The molecule has 13 heavy (non-hydrogen) atoms. The molecule has 0 atom stereocenters. The summed E-state index contributed by atoms with van der Waals surface area (Å²) in [5.74, 6) is 0.414. The summed E-state index contributed by atoms with van der Waals surface area (Å²) in [7, 11) is 0. The van der Waals surface area contributed by atoms with Crippen molar-refractivity contribution in [2.75, 3.05) is 5.32 Å². The first-order valence-corrected chi connectivity index (χ1v) is 5.27. The number of anilines is 1. The standard InChI is InChI=1S/C9H12N2OS/c1-6-5-8(13-11-6)10-9(12)7-3-2-4-7/h5,7H,2-4H2,1H3,(H,10,12). The van der Waals surface area contributed by atoms with Gasteiger partial charge in [-0.05, 0) is 37.4 Å². The number of amides is 1. The van der Waals surface area contributed by atoms with Crippen LogP contribution in [0.3, 0.4) is 0 Å². The van der Waals surface area contributed by atoms with Crippen molar-refractivity contribution in [1.82, 2.24) is 4.37 Å². The third-order valence-electron chi connectivity index (χ3n) is 2.35. The maximum absolute atomic E-state index is 11.5. The average Bonchev–Trinajstić information content (AvgIpc) is 2.31. The molecule has 0 aliphatic heterocycles. The van der Waals surface area contributed by atoms with Crippen LogP contribution in [0.25, 0.3) is 0 Å². The van der Waals surface area contributed by atoms with E-state index in [2.05, 4.69) is 9.69 Å². The normalized spacial score (nSPS) is 16.7. The first-order chi connectivity index (χ1) is 6.25. The highest BCUT2D eigenvalue weighted by atomic mass is 32.1. The lowest BCUT2D eigenvalue weighted by molar-refractivity contribution is -0.122. The van der Waals surface area contributed by atoms with Gasteiger partial charge in [0.15, 0.2) is 0 Å². The molecule has 1 N–H and O–H groups in total. The summed E-state index contributed by atoms with van der Waals surface area (Å²) in [6.07, 6.45) is 3.28. The molecule has 0 bridgehead atoms. The molecule has 1 amide bonds. The van der Waals surface area contributed by atoms with Gasteiger partial charge in [0.25, 0.3) is 0 Å². The molecule has 70 valence electrons. The van der Waals surface area contributed by atoms with Crippen LogP contribution in [-0.2, 0) is 4.79 Å². The largest absolute Gasteiger partial charge is 0.316 e. The molecule has 1 aliphatic rings. The van der Waals surface area contributed by atoms with Gasteiger partial charge >= 0.3 is 0 Å². The summed E-state index contributed by atoms with van der Waals surface area (Å²) in [6.45, 7) is 1.93. The van der Waals surface area contributed by atoms with Crippen molar-refractivity contribution in [2.45, 2.75) is 26.2 Å². The van der Waals surface area contributed by atoms with Crippen molar-refractivity contribution in [1.29, 1.82) is 0 Å². The minimum Gasteiger partial charge on any atom is -0.316 e. The predicted molar refractivity (Wildman–Crippen MR) is 52.8 cm³/mol. The van der Waals surface area contributed by atoms with Crippen LogP contribution in [0, 0.1) is 12.8 Å². The molecule has 0 radical (unpaired) electrons. The molecular formula is C9H12N2OS. The SMILES string of the molecule is Cc1cc(NC(=O)C2CCC2)sn1. The van der Waals surface area contributed by atoms with Gasteiger partial charge in [0.05, 0.1) is 5.69 Å². The highest BCUT2D eigenvalue weighted by Crippen LogP contribution is 2.28. The Kier molecular flexibility index (Phi) is 2.31. The van der Waals surface area contributed by atoms with Gasteiger partial charge in [-0.15, -0.1) is 0 Å². The lowest BCUT2D eigenvalue weighted by Gasteiger charge is -2.23. The fourth-order valence-corrected chi connectivity index (χ4v) is 1.98. The van der Waals surface area contributed by atoms with E-state index < -0.39 is 0 Å². The third kappa shape index (κ3) is 1.88. The van der Waals surface area contributed by atoms with E-state index in [0.717, 1.165) is 23.5 Å². The number of nitrogens with zero attached hydrogens (tertiary/aromatic N) is 1. The Hall–Kier alpha value is -0.900. The Labute approximate surface area is 81.3 Å². The Morgan fingerprint density at radius 1 is 1.69 bits per heavy atom. The van der Waals surface area contributed by atoms with Gasteiger partial charge in [-0.1, -0.05) is 6.42 Å². The molecule has 2 rings (SSSR count). The molecule has 0 spiro atoms. The fraction of sp³-hybridized carbons (Fsp3) is 0.556. The number of nitrogens with one attached hydrogen (secondary N) is 1. The van der Waals surface area contributed by atoms with Gasteiger partial charge in [0.1, 0.15) is 5.00 Å². The van der Waals surface area contributed by atoms with Gasteiger partial charge in [0, 0.05) is 5.92 Å². The molecule has 1 fully saturated rings. The Balaban J connectivity index is 1.93. The van der Waals surface area contributed by atoms with Crippen molar-refractivity contribution in [3.63, 3.8) is 0 Å². The summed E-state index contributed by atoms with van der Waals surface area (Å²) < 4.78 is 4.10. The molecule has 3 nitrogen and oxygen atoms in total. The molecule has 1 aromatic heterocycles. The van der Waals surface area contributed by atoms with Gasteiger partial charge in [-0.3, -0.25) is 4.79 Å². The zero-order valence-corrected chi connectivity index (χ0v) is 8.36. The van der Waals surface area contributed by atoms with Crippen molar-refractivity contribution >= 4 is 22.4 Å². The first kappa shape index (κ1) is 8.69. The Morgan fingerprint density at radius 2 is 2.46 bits per heavy atom. The lowest BCUT2D eigenvalue weighted by Crippen LogP contribution is -2.27. The van der Waals surface area contributed by atoms with Crippen molar-refractivity contribution in [3.8, 4) is 0 Å². The summed E-state index contributed by atoms with van der Waals surface area (Å²) in [6, 6.07) is 1.90. The van der Waals surface area contributed by atoms with Crippen LogP contribution in [0.4, 0.5) is 5.00 Å². The fourth-order valence-electron chi connectivity index (χ4n) is 1.32. The highest BCUT2D eigenvalue weighted by Gasteiger charge is 2.25. The van der Waals surface area contributed by atoms with Gasteiger partial charge < -0.3 is 5.32 Å². The molecule has 4 heteroatoms. The Bertz CT molecular complexity index is 317. The summed E-state index contributed by atoms with van der Waals surface area (Å²) in [5, 5.41) is 3.75. The molecule has 0 unspecified atom stereocenters. The first-order valence-electron chi connectivity index (χ1n) is 4.50. The van der Waals surface area contributed by atoms with E-state index >= 15 is 0 Å². The van der Waals surface area contributed by atoms with E-state index in [1.165, 1.54) is 18.0 Å². The molecule has 1 aromatic rings. The van der Waals surface area contributed by atoms with Crippen LogP contribution >= 0.6 is 11.5 Å². The minimum atomic E-state index is 0.162. The predicted octanol–water partition coefficient (Wildman–Crippen LogP) is 2.19. The second kappa shape index (κ2) is 3.46. The minimum absolute atomic E-state index is 0.162. The summed E-state index contributed by atoms with van der Waals surface area (Å²) in [5.41, 5.74) is 0.967.